The molecule has 0 unspecified atom stereocenters. The first kappa shape index (κ1) is 17.4. The number of hydrogen-bond acceptors (Lipinski definition) is 5. The minimum absolute atomic E-state index is 0.140. The highest BCUT2D eigenvalue weighted by atomic mass is 16.5. The first-order valence-electron chi connectivity index (χ1n) is 8.20. The Morgan fingerprint density at radius 2 is 1.92 bits per heavy atom. The third-order valence-electron chi connectivity index (χ3n) is 4.06. The van der Waals surface area contributed by atoms with E-state index in [0.717, 1.165) is 16.9 Å². The highest BCUT2D eigenvalue weighted by molar-refractivity contribution is 5.94. The van der Waals surface area contributed by atoms with Crippen LogP contribution in [-0.2, 0) is 0 Å². The number of ether oxygens (including phenoxy) is 1. The highest BCUT2D eigenvalue weighted by Gasteiger charge is 2.12. The number of carbonyl (C=O) groups excluding carboxylic acids is 1. The zero-order valence-electron chi connectivity index (χ0n) is 14.6. The maximum Gasteiger partial charge on any atom is 0.251 e. The predicted molar refractivity (Wildman–Crippen MR) is 101 cm³/mol. The van der Waals surface area contributed by atoms with Gasteiger partial charge in [0.15, 0.2) is 0 Å². The Bertz CT molecular complexity index is 910. The Kier molecular flexibility index (Phi) is 5.12. The topological polar surface area (TPSA) is 90.1 Å². The lowest BCUT2D eigenvalue weighted by Gasteiger charge is -2.15. The van der Waals surface area contributed by atoms with Crippen LogP contribution < -0.4 is 15.8 Å². The molecule has 6 nitrogen and oxygen atoms in total. The Morgan fingerprint density at radius 1 is 1.15 bits per heavy atom. The molecule has 0 radical (unpaired) electrons. The van der Waals surface area contributed by atoms with Crippen LogP contribution in [0, 0.1) is 0 Å². The van der Waals surface area contributed by atoms with E-state index in [0.29, 0.717) is 11.3 Å². The average molecular weight is 348 g/mol. The molecule has 0 bridgehead atoms. The average Bonchev–Trinajstić information content (AvgIpc) is 2.68. The summed E-state index contributed by atoms with van der Waals surface area (Å²) in [6, 6.07) is 16.5. The minimum atomic E-state index is -0.144. The number of rotatable bonds is 5. The van der Waals surface area contributed by atoms with Crippen molar-refractivity contribution in [2.75, 3.05) is 12.8 Å². The summed E-state index contributed by atoms with van der Waals surface area (Å²) < 4.78 is 5.23. The first-order valence-corrected chi connectivity index (χ1v) is 8.20. The minimum Gasteiger partial charge on any atom is -0.497 e. The van der Waals surface area contributed by atoms with E-state index in [-0.39, 0.29) is 17.9 Å². The SMILES string of the molecule is COc1cccc([C@@H](C)NC(=O)c2ccc(-c3ccnc(N)n3)cc2)c1. The molecule has 1 amide bonds. The van der Waals surface area contributed by atoms with E-state index in [4.69, 9.17) is 10.5 Å². The number of nitrogens with two attached hydrogens (primary N) is 1. The summed E-state index contributed by atoms with van der Waals surface area (Å²) in [5, 5.41) is 2.99. The van der Waals surface area contributed by atoms with Crippen molar-refractivity contribution in [3.8, 4) is 17.0 Å². The van der Waals surface area contributed by atoms with Crippen LogP contribution in [0.3, 0.4) is 0 Å². The number of nitrogen functional groups attached to an aromatic ring is 1. The zero-order chi connectivity index (χ0) is 18.5. The van der Waals surface area contributed by atoms with Gasteiger partial charge in [0.05, 0.1) is 18.8 Å². The van der Waals surface area contributed by atoms with E-state index in [9.17, 15) is 4.79 Å². The third kappa shape index (κ3) is 3.97. The Balaban J connectivity index is 1.71. The van der Waals surface area contributed by atoms with Crippen LogP contribution in [0.5, 0.6) is 5.75 Å². The highest BCUT2D eigenvalue weighted by Crippen LogP contribution is 2.20. The van der Waals surface area contributed by atoms with Gasteiger partial charge >= 0.3 is 0 Å². The molecule has 26 heavy (non-hydrogen) atoms. The van der Waals surface area contributed by atoms with Crippen molar-refractivity contribution in [2.45, 2.75) is 13.0 Å². The molecule has 1 atom stereocenters. The molecule has 3 N–H and O–H groups in total. The number of carbonyl (C=O) groups is 1. The fourth-order valence-electron chi connectivity index (χ4n) is 2.60. The molecular weight excluding hydrogens is 328 g/mol. The molecule has 3 aromatic rings. The number of methoxy groups -OCH3 is 1. The van der Waals surface area contributed by atoms with Crippen molar-refractivity contribution in [3.63, 3.8) is 0 Å². The molecule has 132 valence electrons. The van der Waals surface area contributed by atoms with Crippen LogP contribution in [-0.4, -0.2) is 23.0 Å². The largest absolute Gasteiger partial charge is 0.497 e. The number of benzene rings is 2. The molecule has 0 aliphatic heterocycles. The summed E-state index contributed by atoms with van der Waals surface area (Å²) in [6.07, 6.45) is 1.61. The maximum absolute atomic E-state index is 12.5. The molecule has 6 heteroatoms. The van der Waals surface area contributed by atoms with Crippen molar-refractivity contribution >= 4 is 11.9 Å². The summed E-state index contributed by atoms with van der Waals surface area (Å²) in [5.41, 5.74) is 8.75. The number of aromatic nitrogens is 2. The molecule has 0 spiro atoms. The number of hydrogen-bond donors (Lipinski definition) is 2. The fraction of sp³-hybridized carbons (Fsp3) is 0.150. The van der Waals surface area contributed by atoms with Crippen LogP contribution in [0.4, 0.5) is 5.95 Å². The summed E-state index contributed by atoms with van der Waals surface area (Å²) >= 11 is 0. The van der Waals surface area contributed by atoms with Crippen LogP contribution in [0.1, 0.15) is 28.9 Å². The second kappa shape index (κ2) is 7.65. The Labute approximate surface area is 152 Å². The van der Waals surface area contributed by atoms with E-state index in [1.807, 2.05) is 43.3 Å². The molecule has 1 heterocycles. The summed E-state index contributed by atoms with van der Waals surface area (Å²) in [4.78, 5) is 20.6. The molecule has 1 aromatic heterocycles. The van der Waals surface area contributed by atoms with Gasteiger partial charge in [0, 0.05) is 17.3 Å². The fourth-order valence-corrected chi connectivity index (χ4v) is 2.60. The monoisotopic (exact) mass is 348 g/mol. The lowest BCUT2D eigenvalue weighted by molar-refractivity contribution is 0.0940. The second-order valence-corrected chi connectivity index (χ2v) is 5.85. The van der Waals surface area contributed by atoms with Gasteiger partial charge in [0.1, 0.15) is 5.75 Å². The van der Waals surface area contributed by atoms with Gasteiger partial charge < -0.3 is 15.8 Å². The van der Waals surface area contributed by atoms with Gasteiger partial charge in [-0.1, -0.05) is 24.3 Å². The summed E-state index contributed by atoms with van der Waals surface area (Å²) in [5.74, 6) is 0.836. The number of amides is 1. The third-order valence-corrected chi connectivity index (χ3v) is 4.06. The van der Waals surface area contributed by atoms with E-state index in [2.05, 4.69) is 15.3 Å². The molecule has 0 aliphatic carbocycles. The number of anilines is 1. The van der Waals surface area contributed by atoms with Crippen molar-refractivity contribution in [1.82, 2.24) is 15.3 Å². The van der Waals surface area contributed by atoms with Gasteiger partial charge in [0.25, 0.3) is 5.91 Å². The smallest absolute Gasteiger partial charge is 0.251 e. The summed E-state index contributed by atoms with van der Waals surface area (Å²) in [6.45, 7) is 1.94. The standard InChI is InChI=1S/C20H20N4O2/c1-13(16-4-3-5-17(12-16)26-2)23-19(25)15-8-6-14(7-9-15)18-10-11-22-20(21)24-18/h3-13H,1-2H3,(H,23,25)(H2,21,22,24)/t13-/m1/s1. The van der Waals surface area contributed by atoms with Gasteiger partial charge in [-0.2, -0.15) is 0 Å². The normalized spacial score (nSPS) is 11.6. The van der Waals surface area contributed by atoms with Crippen molar-refractivity contribution < 1.29 is 9.53 Å². The van der Waals surface area contributed by atoms with E-state index < -0.39 is 0 Å². The second-order valence-electron chi connectivity index (χ2n) is 5.85. The lowest BCUT2D eigenvalue weighted by atomic mass is 10.1. The van der Waals surface area contributed by atoms with E-state index in [1.165, 1.54) is 0 Å². The number of nitrogens with one attached hydrogen (secondary N) is 1. The summed E-state index contributed by atoms with van der Waals surface area (Å²) in [7, 11) is 1.62. The van der Waals surface area contributed by atoms with Crippen LogP contribution in [0.2, 0.25) is 0 Å². The Hall–Kier alpha value is -3.41. The first-order chi connectivity index (χ1) is 12.6. The maximum atomic E-state index is 12.5. The number of nitrogens with zero attached hydrogens (tertiary/aromatic N) is 2. The van der Waals surface area contributed by atoms with Crippen molar-refractivity contribution in [2.24, 2.45) is 0 Å². The molecule has 0 saturated carbocycles. The Morgan fingerprint density at radius 3 is 2.62 bits per heavy atom. The van der Waals surface area contributed by atoms with Gasteiger partial charge in [-0.15, -0.1) is 0 Å². The predicted octanol–water partition coefficient (Wildman–Crippen LogP) is 3.23. The molecule has 2 aromatic carbocycles. The lowest BCUT2D eigenvalue weighted by Crippen LogP contribution is -2.26. The molecular formula is C20H20N4O2. The van der Waals surface area contributed by atoms with Crippen molar-refractivity contribution in [3.05, 3.63) is 71.9 Å². The van der Waals surface area contributed by atoms with Gasteiger partial charge in [-0.3, -0.25) is 4.79 Å². The molecule has 3 rings (SSSR count). The van der Waals surface area contributed by atoms with E-state index in [1.54, 1.807) is 31.5 Å². The molecule has 0 saturated heterocycles. The van der Waals surface area contributed by atoms with Crippen LogP contribution in [0.15, 0.2) is 60.8 Å². The van der Waals surface area contributed by atoms with Crippen LogP contribution in [0.25, 0.3) is 11.3 Å². The quantitative estimate of drug-likeness (QED) is 0.739. The van der Waals surface area contributed by atoms with Gasteiger partial charge in [0.2, 0.25) is 5.95 Å². The van der Waals surface area contributed by atoms with Gasteiger partial charge in [-0.05, 0) is 42.8 Å². The zero-order valence-corrected chi connectivity index (χ0v) is 14.6. The van der Waals surface area contributed by atoms with E-state index >= 15 is 0 Å². The van der Waals surface area contributed by atoms with Crippen molar-refractivity contribution in [1.29, 1.82) is 0 Å². The van der Waals surface area contributed by atoms with Gasteiger partial charge in [-0.25, -0.2) is 9.97 Å². The molecule has 0 fully saturated rings. The molecule has 0 aliphatic rings. The van der Waals surface area contributed by atoms with Crippen LogP contribution >= 0.6 is 0 Å².